The summed E-state index contributed by atoms with van der Waals surface area (Å²) < 4.78 is 0. The maximum atomic E-state index is 12.3. The predicted octanol–water partition coefficient (Wildman–Crippen LogP) is 1.23. The number of hydrogen-bond acceptors (Lipinski definition) is 3. The van der Waals surface area contributed by atoms with Crippen molar-refractivity contribution < 1.29 is 9.59 Å². The van der Waals surface area contributed by atoms with Crippen molar-refractivity contribution >= 4 is 28.9 Å². The zero-order valence-corrected chi connectivity index (χ0v) is 11.0. The van der Waals surface area contributed by atoms with Crippen molar-refractivity contribution in [3.63, 3.8) is 0 Å². The molecule has 0 spiro atoms. The number of benzene rings is 1. The summed E-state index contributed by atoms with van der Waals surface area (Å²) >= 11 is 0. The third kappa shape index (κ3) is 1.54. The number of carbonyl (C=O) groups excluding carboxylic acids is 2. The van der Waals surface area contributed by atoms with E-state index >= 15 is 0 Å². The van der Waals surface area contributed by atoms with E-state index in [1.54, 1.807) is 46.1 Å². The molecule has 1 aliphatic rings. The lowest BCUT2D eigenvalue weighted by molar-refractivity contribution is -0.137. The normalized spacial score (nSPS) is 18.7. The summed E-state index contributed by atoms with van der Waals surface area (Å²) in [6, 6.07) is 5.19. The summed E-state index contributed by atoms with van der Waals surface area (Å²) in [5.41, 5.74) is 6.58. The molecule has 1 heterocycles. The monoisotopic (exact) mass is 247 g/mol. The van der Waals surface area contributed by atoms with E-state index in [9.17, 15) is 9.59 Å². The highest BCUT2D eigenvalue weighted by Crippen LogP contribution is 2.38. The quantitative estimate of drug-likeness (QED) is 0.554. The Morgan fingerprint density at radius 2 is 1.50 bits per heavy atom. The zero-order chi connectivity index (χ0) is 13.7. The van der Waals surface area contributed by atoms with Crippen molar-refractivity contribution in [2.75, 3.05) is 29.6 Å². The van der Waals surface area contributed by atoms with Crippen molar-refractivity contribution in [2.24, 2.45) is 5.41 Å². The third-order valence-electron chi connectivity index (χ3n) is 3.40. The number of nitrogen functional groups attached to an aromatic ring is 1. The highest BCUT2D eigenvalue weighted by Gasteiger charge is 2.44. The van der Waals surface area contributed by atoms with Crippen LogP contribution in [0.4, 0.5) is 17.1 Å². The van der Waals surface area contributed by atoms with Crippen molar-refractivity contribution in [1.29, 1.82) is 0 Å². The van der Waals surface area contributed by atoms with E-state index in [2.05, 4.69) is 0 Å². The molecule has 1 aromatic carbocycles. The van der Waals surface area contributed by atoms with E-state index in [1.807, 2.05) is 0 Å². The van der Waals surface area contributed by atoms with Gasteiger partial charge in [-0.2, -0.15) is 0 Å². The smallest absolute Gasteiger partial charge is 0.241 e. The molecule has 2 rings (SSSR count). The molecule has 18 heavy (non-hydrogen) atoms. The van der Waals surface area contributed by atoms with Gasteiger partial charge in [-0.15, -0.1) is 0 Å². The first-order valence-corrected chi connectivity index (χ1v) is 5.72. The second-order valence-electron chi connectivity index (χ2n) is 5.10. The van der Waals surface area contributed by atoms with Crippen molar-refractivity contribution in [2.45, 2.75) is 13.8 Å². The second-order valence-corrected chi connectivity index (χ2v) is 5.10. The number of rotatable bonds is 0. The van der Waals surface area contributed by atoms with Crippen molar-refractivity contribution in [3.05, 3.63) is 18.2 Å². The number of amides is 2. The highest BCUT2D eigenvalue weighted by atomic mass is 16.2. The van der Waals surface area contributed by atoms with Gasteiger partial charge in [0.15, 0.2) is 0 Å². The molecule has 5 heteroatoms. The first kappa shape index (κ1) is 12.4. The van der Waals surface area contributed by atoms with Crippen LogP contribution in [0.2, 0.25) is 0 Å². The summed E-state index contributed by atoms with van der Waals surface area (Å²) in [5, 5.41) is 0. The van der Waals surface area contributed by atoms with Gasteiger partial charge in [-0.3, -0.25) is 9.59 Å². The lowest BCUT2D eigenvalue weighted by Gasteiger charge is -2.25. The summed E-state index contributed by atoms with van der Waals surface area (Å²) in [5.74, 6) is -0.452. The van der Waals surface area contributed by atoms with Gasteiger partial charge in [0.05, 0.1) is 11.4 Å². The Labute approximate surface area is 106 Å². The van der Waals surface area contributed by atoms with Crippen LogP contribution in [0.15, 0.2) is 18.2 Å². The van der Waals surface area contributed by atoms with Crippen LogP contribution in [0.3, 0.4) is 0 Å². The fourth-order valence-electron chi connectivity index (χ4n) is 2.24. The molecule has 2 amide bonds. The minimum absolute atomic E-state index is 0.220. The van der Waals surface area contributed by atoms with Gasteiger partial charge < -0.3 is 15.5 Å². The van der Waals surface area contributed by atoms with Crippen LogP contribution >= 0.6 is 0 Å². The van der Waals surface area contributed by atoms with Crippen LogP contribution in [-0.4, -0.2) is 25.9 Å². The molecule has 0 radical (unpaired) electrons. The standard InChI is InChI=1S/C13H17N3O2/c1-13(2)11(17)15(3)9-6-5-8(14)7-10(9)16(4)12(13)18/h5-7H,14H2,1-4H3. The van der Waals surface area contributed by atoms with Gasteiger partial charge in [0.2, 0.25) is 11.8 Å². The van der Waals surface area contributed by atoms with Gasteiger partial charge in [0, 0.05) is 19.8 Å². The number of nitrogens with two attached hydrogens (primary N) is 1. The molecule has 0 bridgehead atoms. The topological polar surface area (TPSA) is 66.6 Å². The van der Waals surface area contributed by atoms with E-state index in [4.69, 9.17) is 5.73 Å². The van der Waals surface area contributed by atoms with Crippen molar-refractivity contribution in [1.82, 2.24) is 0 Å². The SMILES string of the molecule is CN1C(=O)C(C)(C)C(=O)N(C)c2cc(N)ccc21. The molecule has 0 atom stereocenters. The number of carbonyl (C=O) groups is 2. The predicted molar refractivity (Wildman–Crippen MR) is 71.5 cm³/mol. The lowest BCUT2D eigenvalue weighted by atomic mass is 9.90. The summed E-state index contributed by atoms with van der Waals surface area (Å²) in [6.07, 6.45) is 0. The Morgan fingerprint density at radius 1 is 1.00 bits per heavy atom. The Morgan fingerprint density at radius 3 is 2.06 bits per heavy atom. The fraction of sp³-hybridized carbons (Fsp3) is 0.385. The largest absolute Gasteiger partial charge is 0.399 e. The van der Waals surface area contributed by atoms with Crippen molar-refractivity contribution in [3.8, 4) is 0 Å². The number of fused-ring (bicyclic) bond motifs is 1. The van der Waals surface area contributed by atoms with Gasteiger partial charge in [0.25, 0.3) is 0 Å². The molecule has 5 nitrogen and oxygen atoms in total. The minimum Gasteiger partial charge on any atom is -0.399 e. The van der Waals surface area contributed by atoms with E-state index in [0.717, 1.165) is 0 Å². The average Bonchev–Trinajstić information content (AvgIpc) is 2.37. The van der Waals surface area contributed by atoms with Gasteiger partial charge in [-0.1, -0.05) is 0 Å². The van der Waals surface area contributed by atoms with Gasteiger partial charge >= 0.3 is 0 Å². The fourth-order valence-corrected chi connectivity index (χ4v) is 2.24. The van der Waals surface area contributed by atoms with Crippen LogP contribution in [0.5, 0.6) is 0 Å². The molecule has 0 unspecified atom stereocenters. The Kier molecular flexibility index (Phi) is 2.57. The highest BCUT2D eigenvalue weighted by molar-refractivity contribution is 6.19. The van der Waals surface area contributed by atoms with E-state index < -0.39 is 5.41 Å². The van der Waals surface area contributed by atoms with Crippen LogP contribution in [0.25, 0.3) is 0 Å². The zero-order valence-electron chi connectivity index (χ0n) is 11.0. The van der Waals surface area contributed by atoms with Crippen LogP contribution < -0.4 is 15.5 Å². The maximum absolute atomic E-state index is 12.3. The number of nitrogens with zero attached hydrogens (tertiary/aromatic N) is 2. The summed E-state index contributed by atoms with van der Waals surface area (Å²) in [7, 11) is 3.33. The lowest BCUT2D eigenvalue weighted by Crippen LogP contribution is -2.46. The third-order valence-corrected chi connectivity index (χ3v) is 3.40. The molecule has 0 aliphatic carbocycles. The number of anilines is 3. The summed E-state index contributed by atoms with van der Waals surface area (Å²) in [4.78, 5) is 27.7. The van der Waals surface area contributed by atoms with Crippen LogP contribution in [0.1, 0.15) is 13.8 Å². The van der Waals surface area contributed by atoms with Gasteiger partial charge in [0.1, 0.15) is 5.41 Å². The molecule has 96 valence electrons. The Bertz CT molecular complexity index is 537. The Balaban J connectivity index is 2.70. The molecular formula is C13H17N3O2. The first-order chi connectivity index (χ1) is 8.26. The molecule has 1 aromatic rings. The van der Waals surface area contributed by atoms with E-state index in [-0.39, 0.29) is 11.8 Å². The minimum atomic E-state index is -1.07. The molecule has 0 saturated carbocycles. The Hall–Kier alpha value is -2.04. The molecule has 0 fully saturated rings. The first-order valence-electron chi connectivity index (χ1n) is 5.72. The van der Waals surface area contributed by atoms with Gasteiger partial charge in [-0.05, 0) is 32.0 Å². The average molecular weight is 247 g/mol. The van der Waals surface area contributed by atoms with Crippen LogP contribution in [-0.2, 0) is 9.59 Å². The number of hydrogen-bond donors (Lipinski definition) is 1. The van der Waals surface area contributed by atoms with E-state index in [1.165, 1.54) is 9.80 Å². The molecule has 2 N–H and O–H groups in total. The van der Waals surface area contributed by atoms with E-state index in [0.29, 0.717) is 17.1 Å². The maximum Gasteiger partial charge on any atom is 0.241 e. The van der Waals surface area contributed by atoms with Crippen LogP contribution in [0, 0.1) is 5.41 Å². The van der Waals surface area contributed by atoms with Gasteiger partial charge in [-0.25, -0.2) is 0 Å². The second kappa shape index (κ2) is 3.73. The summed E-state index contributed by atoms with van der Waals surface area (Å²) in [6.45, 7) is 3.28. The molecule has 0 saturated heterocycles. The molecule has 1 aliphatic heterocycles. The molecular weight excluding hydrogens is 230 g/mol. The molecule has 0 aromatic heterocycles.